The molecule has 6 fully saturated rings. The first-order chi connectivity index (χ1) is 16.2. The van der Waals surface area contributed by atoms with E-state index in [0.717, 1.165) is 0 Å². The second-order valence-corrected chi connectivity index (χ2v) is 11.9. The maximum atomic E-state index is 12.5. The van der Waals surface area contributed by atoms with Crippen molar-refractivity contribution in [2.75, 3.05) is 6.61 Å². The highest BCUT2D eigenvalue weighted by Gasteiger charge is 2.88. The van der Waals surface area contributed by atoms with Crippen molar-refractivity contribution in [3.8, 4) is 0 Å². The number of esters is 3. The van der Waals surface area contributed by atoms with Gasteiger partial charge in [-0.1, -0.05) is 20.4 Å². The fourth-order valence-electron chi connectivity index (χ4n) is 9.11. The van der Waals surface area contributed by atoms with Gasteiger partial charge in [0, 0.05) is 38.0 Å². The van der Waals surface area contributed by atoms with Crippen LogP contribution in [0.3, 0.4) is 0 Å². The predicted molar refractivity (Wildman–Crippen MR) is 120 cm³/mol. The smallest absolute Gasteiger partial charge is 0.303 e. The number of rotatable bonds is 3. The highest BCUT2D eigenvalue weighted by Crippen LogP contribution is 2.78. The van der Waals surface area contributed by atoms with Gasteiger partial charge in [-0.3, -0.25) is 14.4 Å². The molecule has 0 radical (unpaired) electrons. The molecule has 2 N–H and O–H groups in total. The van der Waals surface area contributed by atoms with Crippen LogP contribution in [0.4, 0.5) is 0 Å². The van der Waals surface area contributed by atoms with E-state index in [0.29, 0.717) is 31.3 Å². The number of carbonyl (C=O) groups excluding carboxylic acids is 3. The summed E-state index contributed by atoms with van der Waals surface area (Å²) in [5, 5.41) is 24.3. The van der Waals surface area contributed by atoms with Crippen molar-refractivity contribution in [2.24, 2.45) is 34.0 Å². The van der Waals surface area contributed by atoms with Crippen molar-refractivity contribution in [1.29, 1.82) is 0 Å². The number of fused-ring (bicyclic) bond motifs is 2. The predicted octanol–water partition coefficient (Wildman–Crippen LogP) is 1.88. The average molecular weight is 493 g/mol. The summed E-state index contributed by atoms with van der Waals surface area (Å²) < 4.78 is 23.9. The van der Waals surface area contributed by atoms with Gasteiger partial charge in [0.25, 0.3) is 0 Å². The summed E-state index contributed by atoms with van der Waals surface area (Å²) in [6.07, 6.45) is -1.54. The molecule has 4 aliphatic carbocycles. The molecular formula is C26H36O9. The Labute approximate surface area is 205 Å². The Morgan fingerprint density at radius 2 is 1.57 bits per heavy atom. The molecule has 194 valence electrons. The van der Waals surface area contributed by atoms with E-state index in [4.69, 9.17) is 18.9 Å². The molecule has 2 aliphatic heterocycles. The second kappa shape index (κ2) is 7.52. The van der Waals surface area contributed by atoms with Crippen LogP contribution >= 0.6 is 0 Å². The lowest BCUT2D eigenvalue weighted by Gasteiger charge is -2.75. The number of hydrogen-bond donors (Lipinski definition) is 2. The van der Waals surface area contributed by atoms with Gasteiger partial charge in [0.2, 0.25) is 5.79 Å². The molecule has 4 bridgehead atoms. The number of hydrogen-bond acceptors (Lipinski definition) is 9. The standard InChI is InChI=1S/C26H36O9/c1-12-16-7-8-17-24-11-32-26(31,25(17,20(12)30)21(16)34-14(3)28)22(35-15(4)29)19(24)23(5,6)10-9-18(24)33-13(2)27/h16-22,30-31H,1,7-11H2,2-6H3/t16-,17-,18-,19+,20+,21-,22-,24+,25?,26-/m0/s1. The first kappa shape index (κ1) is 24.7. The van der Waals surface area contributed by atoms with Gasteiger partial charge in [0.1, 0.15) is 12.2 Å². The fraction of sp³-hybridized carbons (Fsp3) is 0.808. The van der Waals surface area contributed by atoms with Crippen LogP contribution in [0, 0.1) is 34.0 Å². The number of aliphatic hydroxyl groups is 2. The van der Waals surface area contributed by atoms with Crippen LogP contribution in [0.5, 0.6) is 0 Å². The van der Waals surface area contributed by atoms with Gasteiger partial charge < -0.3 is 29.2 Å². The molecule has 10 atom stereocenters. The van der Waals surface area contributed by atoms with Crippen molar-refractivity contribution in [3.63, 3.8) is 0 Å². The number of carbonyl (C=O) groups is 3. The topological polar surface area (TPSA) is 129 Å². The summed E-state index contributed by atoms with van der Waals surface area (Å²) in [6.45, 7) is 12.2. The molecule has 4 saturated carbocycles. The van der Waals surface area contributed by atoms with E-state index < -0.39 is 76.2 Å². The van der Waals surface area contributed by atoms with Crippen molar-refractivity contribution >= 4 is 17.9 Å². The fourth-order valence-corrected chi connectivity index (χ4v) is 9.11. The third-order valence-corrected chi connectivity index (χ3v) is 9.92. The first-order valence-corrected chi connectivity index (χ1v) is 12.5. The van der Waals surface area contributed by atoms with E-state index in [1.165, 1.54) is 20.8 Å². The maximum absolute atomic E-state index is 12.5. The van der Waals surface area contributed by atoms with Crippen molar-refractivity contribution in [3.05, 3.63) is 12.2 Å². The Bertz CT molecular complexity index is 989. The molecule has 1 unspecified atom stereocenters. The lowest BCUT2D eigenvalue weighted by Crippen LogP contribution is -2.86. The highest BCUT2D eigenvalue weighted by molar-refractivity contribution is 5.68. The Balaban J connectivity index is 1.81. The molecule has 9 nitrogen and oxygen atoms in total. The molecule has 0 aromatic carbocycles. The lowest BCUT2D eigenvalue weighted by atomic mass is 9.35. The van der Waals surface area contributed by atoms with Gasteiger partial charge in [-0.15, -0.1) is 0 Å². The van der Waals surface area contributed by atoms with Crippen LogP contribution in [0.15, 0.2) is 12.2 Å². The van der Waals surface area contributed by atoms with Crippen LogP contribution in [-0.4, -0.2) is 64.9 Å². The monoisotopic (exact) mass is 492 g/mol. The van der Waals surface area contributed by atoms with Gasteiger partial charge >= 0.3 is 17.9 Å². The molecule has 6 rings (SSSR count). The normalized spacial score (nSPS) is 49.0. The summed E-state index contributed by atoms with van der Waals surface area (Å²) in [5.41, 5.74) is -2.35. The molecule has 0 aromatic rings. The summed E-state index contributed by atoms with van der Waals surface area (Å²) in [5.74, 6) is -4.97. The minimum atomic E-state index is -2.14. The molecule has 2 heterocycles. The van der Waals surface area contributed by atoms with E-state index in [1.807, 2.05) is 0 Å². The van der Waals surface area contributed by atoms with Crippen LogP contribution in [-0.2, 0) is 33.3 Å². The van der Waals surface area contributed by atoms with Gasteiger partial charge in [-0.2, -0.15) is 0 Å². The summed E-state index contributed by atoms with van der Waals surface area (Å²) in [6, 6.07) is 0. The van der Waals surface area contributed by atoms with E-state index >= 15 is 0 Å². The van der Waals surface area contributed by atoms with E-state index in [-0.39, 0.29) is 12.5 Å². The number of ether oxygens (including phenoxy) is 4. The SMILES string of the molecule is C=C1[C@@H](O)C23[C@@H](CC[C@@H]1[C@@H]2OC(C)=O)[C@@]12CO[C@@]3(O)[C@@H](OC(C)=O)[C@@H]1C(C)(C)CC[C@@H]2OC(C)=O. The van der Waals surface area contributed by atoms with Crippen molar-refractivity contribution in [1.82, 2.24) is 0 Å². The minimum absolute atomic E-state index is 0.0659. The largest absolute Gasteiger partial charge is 0.462 e. The Morgan fingerprint density at radius 3 is 2.17 bits per heavy atom. The average Bonchev–Trinajstić information content (AvgIpc) is 2.85. The Morgan fingerprint density at radius 1 is 0.971 bits per heavy atom. The quantitative estimate of drug-likeness (QED) is 0.345. The van der Waals surface area contributed by atoms with Gasteiger partial charge in [-0.25, -0.2) is 0 Å². The third-order valence-electron chi connectivity index (χ3n) is 9.92. The zero-order valence-corrected chi connectivity index (χ0v) is 21.0. The van der Waals surface area contributed by atoms with Crippen molar-refractivity contribution < 1.29 is 43.5 Å². The Hall–Kier alpha value is -1.97. The maximum Gasteiger partial charge on any atom is 0.303 e. The molecule has 0 amide bonds. The molecule has 0 aromatic heterocycles. The third kappa shape index (κ3) is 2.83. The summed E-state index contributed by atoms with van der Waals surface area (Å²) in [4.78, 5) is 36.9. The second-order valence-electron chi connectivity index (χ2n) is 11.9. The Kier molecular flexibility index (Phi) is 5.31. The van der Waals surface area contributed by atoms with E-state index in [2.05, 4.69) is 20.4 Å². The molecule has 2 saturated heterocycles. The molecule has 2 spiro atoms. The number of aliphatic hydroxyl groups excluding tert-OH is 1. The zero-order chi connectivity index (χ0) is 25.7. The highest BCUT2D eigenvalue weighted by atomic mass is 16.7. The van der Waals surface area contributed by atoms with Crippen LogP contribution in [0.25, 0.3) is 0 Å². The van der Waals surface area contributed by atoms with E-state index in [1.54, 1.807) is 0 Å². The van der Waals surface area contributed by atoms with E-state index in [9.17, 15) is 24.6 Å². The lowest BCUT2D eigenvalue weighted by molar-refractivity contribution is -0.475. The van der Waals surface area contributed by atoms with Crippen LogP contribution < -0.4 is 0 Å². The van der Waals surface area contributed by atoms with Gasteiger partial charge in [0.15, 0.2) is 6.10 Å². The molecule has 35 heavy (non-hydrogen) atoms. The van der Waals surface area contributed by atoms with Crippen molar-refractivity contribution in [2.45, 2.75) is 90.5 Å². The minimum Gasteiger partial charge on any atom is -0.462 e. The summed E-state index contributed by atoms with van der Waals surface area (Å²) in [7, 11) is 0. The molecule has 9 heteroatoms. The van der Waals surface area contributed by atoms with Crippen LogP contribution in [0.2, 0.25) is 0 Å². The zero-order valence-electron chi connectivity index (χ0n) is 21.0. The molecule has 6 aliphatic rings. The van der Waals surface area contributed by atoms with Crippen LogP contribution in [0.1, 0.15) is 60.3 Å². The van der Waals surface area contributed by atoms with Gasteiger partial charge in [0.05, 0.1) is 18.1 Å². The summed E-state index contributed by atoms with van der Waals surface area (Å²) >= 11 is 0. The van der Waals surface area contributed by atoms with Gasteiger partial charge in [-0.05, 0) is 42.6 Å². The molecular weight excluding hydrogens is 456 g/mol. The first-order valence-electron chi connectivity index (χ1n) is 12.5.